The van der Waals surface area contributed by atoms with Crippen LogP contribution in [0.5, 0.6) is 0 Å². The molecule has 1 N–H and O–H groups in total. The van der Waals surface area contributed by atoms with Gasteiger partial charge in [0.1, 0.15) is 5.82 Å². The highest BCUT2D eigenvalue weighted by Crippen LogP contribution is 2.21. The Balaban J connectivity index is 2.81. The molecule has 0 amide bonds. The number of hydrogen-bond donors (Lipinski definition) is 1. The Morgan fingerprint density at radius 2 is 1.89 bits per heavy atom. The predicted molar refractivity (Wildman–Crippen MR) is 83.7 cm³/mol. The van der Waals surface area contributed by atoms with Crippen molar-refractivity contribution in [2.24, 2.45) is 0 Å². The molecule has 0 spiro atoms. The maximum absolute atomic E-state index is 4.66. The van der Waals surface area contributed by atoms with Gasteiger partial charge < -0.3 is 10.2 Å². The van der Waals surface area contributed by atoms with E-state index in [-0.39, 0.29) is 0 Å². The summed E-state index contributed by atoms with van der Waals surface area (Å²) in [5.74, 6) is 1.11. The van der Waals surface area contributed by atoms with E-state index in [1.54, 1.807) is 0 Å². The molecule has 0 aliphatic heterocycles. The van der Waals surface area contributed by atoms with Crippen molar-refractivity contribution in [2.75, 3.05) is 11.9 Å². The van der Waals surface area contributed by atoms with Gasteiger partial charge in [-0.2, -0.15) is 0 Å². The molecule has 0 unspecified atom stereocenters. The average Bonchev–Trinajstić information content (AvgIpc) is 2.37. The van der Waals surface area contributed by atoms with Gasteiger partial charge in [0.25, 0.3) is 0 Å². The SMILES string of the molecule is CCC(CC)N(C)c1ncc(CNC(C)C)cc1C. The molecule has 0 saturated heterocycles. The maximum atomic E-state index is 4.66. The minimum absolute atomic E-state index is 0.507. The molecule has 0 atom stereocenters. The second-order valence-electron chi connectivity index (χ2n) is 5.60. The summed E-state index contributed by atoms with van der Waals surface area (Å²) in [5.41, 5.74) is 2.52. The van der Waals surface area contributed by atoms with Gasteiger partial charge in [-0.1, -0.05) is 27.7 Å². The van der Waals surface area contributed by atoms with E-state index >= 15 is 0 Å². The van der Waals surface area contributed by atoms with E-state index in [1.807, 2.05) is 6.20 Å². The molecule has 3 heteroatoms. The van der Waals surface area contributed by atoms with Gasteiger partial charge in [0, 0.05) is 31.9 Å². The van der Waals surface area contributed by atoms with Gasteiger partial charge in [-0.15, -0.1) is 0 Å². The van der Waals surface area contributed by atoms with Gasteiger partial charge in [-0.3, -0.25) is 0 Å². The zero-order valence-electron chi connectivity index (χ0n) is 13.3. The summed E-state index contributed by atoms with van der Waals surface area (Å²) < 4.78 is 0. The zero-order chi connectivity index (χ0) is 14.4. The minimum Gasteiger partial charge on any atom is -0.357 e. The lowest BCUT2D eigenvalue weighted by atomic mass is 10.1. The number of rotatable bonds is 7. The van der Waals surface area contributed by atoms with Crippen LogP contribution in [0.2, 0.25) is 0 Å². The van der Waals surface area contributed by atoms with Crippen LogP contribution >= 0.6 is 0 Å². The number of anilines is 1. The third-order valence-corrected chi connectivity index (χ3v) is 3.65. The Morgan fingerprint density at radius 1 is 1.26 bits per heavy atom. The van der Waals surface area contributed by atoms with Gasteiger partial charge in [-0.25, -0.2) is 4.98 Å². The van der Waals surface area contributed by atoms with Gasteiger partial charge in [-0.05, 0) is 37.0 Å². The molecule has 1 rings (SSSR count). The van der Waals surface area contributed by atoms with Crippen molar-refractivity contribution in [3.8, 4) is 0 Å². The molecular weight excluding hydrogens is 234 g/mol. The van der Waals surface area contributed by atoms with Crippen LogP contribution in [-0.2, 0) is 6.54 Å². The normalized spacial score (nSPS) is 11.4. The van der Waals surface area contributed by atoms with Crippen LogP contribution in [0.1, 0.15) is 51.7 Å². The number of hydrogen-bond acceptors (Lipinski definition) is 3. The lowest BCUT2D eigenvalue weighted by molar-refractivity contribution is 0.580. The predicted octanol–water partition coefficient (Wildman–Crippen LogP) is 3.51. The van der Waals surface area contributed by atoms with E-state index in [1.165, 1.54) is 11.1 Å². The molecule has 0 aliphatic rings. The van der Waals surface area contributed by atoms with E-state index in [9.17, 15) is 0 Å². The first kappa shape index (κ1) is 16.0. The summed E-state index contributed by atoms with van der Waals surface area (Å²) in [6.07, 6.45) is 4.31. The molecule has 1 heterocycles. The van der Waals surface area contributed by atoms with Gasteiger partial charge in [0.15, 0.2) is 0 Å². The highest BCUT2D eigenvalue weighted by atomic mass is 15.2. The third-order valence-electron chi connectivity index (χ3n) is 3.65. The fourth-order valence-corrected chi connectivity index (χ4v) is 2.42. The van der Waals surface area contributed by atoms with Crippen molar-refractivity contribution in [3.63, 3.8) is 0 Å². The molecule has 0 bridgehead atoms. The zero-order valence-corrected chi connectivity index (χ0v) is 13.3. The topological polar surface area (TPSA) is 28.2 Å². The number of aryl methyl sites for hydroxylation is 1. The monoisotopic (exact) mass is 263 g/mol. The van der Waals surface area contributed by atoms with Crippen molar-refractivity contribution < 1.29 is 0 Å². The fraction of sp³-hybridized carbons (Fsp3) is 0.688. The molecule has 19 heavy (non-hydrogen) atoms. The van der Waals surface area contributed by atoms with Gasteiger partial charge in [0.2, 0.25) is 0 Å². The smallest absolute Gasteiger partial charge is 0.131 e. The molecule has 0 saturated carbocycles. The van der Waals surface area contributed by atoms with Crippen LogP contribution in [-0.4, -0.2) is 24.1 Å². The Hall–Kier alpha value is -1.09. The summed E-state index contributed by atoms with van der Waals surface area (Å²) in [7, 11) is 2.15. The Labute approximate surface area is 118 Å². The van der Waals surface area contributed by atoms with Crippen LogP contribution in [0.15, 0.2) is 12.3 Å². The summed E-state index contributed by atoms with van der Waals surface area (Å²) in [6, 6.07) is 3.33. The van der Waals surface area contributed by atoms with Crippen molar-refractivity contribution in [1.82, 2.24) is 10.3 Å². The van der Waals surface area contributed by atoms with Crippen molar-refractivity contribution in [1.29, 1.82) is 0 Å². The van der Waals surface area contributed by atoms with E-state index in [0.717, 1.165) is 25.2 Å². The molecule has 0 fully saturated rings. The second kappa shape index (κ2) is 7.49. The van der Waals surface area contributed by atoms with Crippen molar-refractivity contribution in [3.05, 3.63) is 23.4 Å². The molecule has 3 nitrogen and oxygen atoms in total. The first-order valence-corrected chi connectivity index (χ1v) is 7.41. The largest absolute Gasteiger partial charge is 0.357 e. The van der Waals surface area contributed by atoms with Gasteiger partial charge in [0.05, 0.1) is 0 Å². The molecule has 1 aromatic heterocycles. The maximum Gasteiger partial charge on any atom is 0.131 e. The standard InChI is InChI=1S/C16H29N3/c1-7-15(8-2)19(6)16-13(5)9-14(11-18-16)10-17-12(3)4/h9,11-12,15,17H,7-8,10H2,1-6H3. The van der Waals surface area contributed by atoms with E-state index in [0.29, 0.717) is 12.1 Å². The number of nitrogens with zero attached hydrogens (tertiary/aromatic N) is 2. The van der Waals surface area contributed by atoms with Crippen LogP contribution in [0.3, 0.4) is 0 Å². The van der Waals surface area contributed by atoms with E-state index in [2.05, 4.69) is 62.9 Å². The number of nitrogens with one attached hydrogen (secondary N) is 1. The molecule has 0 aliphatic carbocycles. The van der Waals surface area contributed by atoms with Crippen LogP contribution in [0.4, 0.5) is 5.82 Å². The minimum atomic E-state index is 0.507. The fourth-order valence-electron chi connectivity index (χ4n) is 2.42. The first-order valence-electron chi connectivity index (χ1n) is 7.41. The molecule has 0 radical (unpaired) electrons. The first-order chi connectivity index (χ1) is 8.99. The Morgan fingerprint density at radius 3 is 2.37 bits per heavy atom. The lowest BCUT2D eigenvalue weighted by Gasteiger charge is -2.28. The Kier molecular flexibility index (Phi) is 6.29. The van der Waals surface area contributed by atoms with Crippen LogP contribution < -0.4 is 10.2 Å². The van der Waals surface area contributed by atoms with Crippen molar-refractivity contribution in [2.45, 2.75) is 66.1 Å². The van der Waals surface area contributed by atoms with Crippen LogP contribution in [0, 0.1) is 6.92 Å². The van der Waals surface area contributed by atoms with E-state index in [4.69, 9.17) is 0 Å². The third kappa shape index (κ3) is 4.50. The lowest BCUT2D eigenvalue weighted by Crippen LogP contribution is -2.31. The molecule has 108 valence electrons. The number of pyridine rings is 1. The summed E-state index contributed by atoms with van der Waals surface area (Å²) in [4.78, 5) is 6.97. The quantitative estimate of drug-likeness (QED) is 0.816. The summed E-state index contributed by atoms with van der Waals surface area (Å²) in [6.45, 7) is 11.8. The van der Waals surface area contributed by atoms with E-state index < -0.39 is 0 Å². The Bertz CT molecular complexity index is 384. The summed E-state index contributed by atoms with van der Waals surface area (Å²) in [5, 5.41) is 3.43. The van der Waals surface area contributed by atoms with Gasteiger partial charge >= 0.3 is 0 Å². The van der Waals surface area contributed by atoms with Crippen molar-refractivity contribution >= 4 is 5.82 Å². The highest BCUT2D eigenvalue weighted by Gasteiger charge is 2.14. The highest BCUT2D eigenvalue weighted by molar-refractivity contribution is 5.47. The second-order valence-corrected chi connectivity index (χ2v) is 5.60. The molecule has 0 aromatic carbocycles. The molecular formula is C16H29N3. The molecule has 1 aromatic rings. The number of aromatic nitrogens is 1. The van der Waals surface area contributed by atoms with Crippen LogP contribution in [0.25, 0.3) is 0 Å². The summed E-state index contributed by atoms with van der Waals surface area (Å²) >= 11 is 0. The average molecular weight is 263 g/mol.